The molecular weight excluding hydrogens is 262 g/mol. The molecule has 0 radical (unpaired) electrons. The third-order valence-corrected chi connectivity index (χ3v) is 4.47. The minimum absolute atomic E-state index is 0.0341. The van der Waals surface area contributed by atoms with Crippen LogP contribution in [0.2, 0.25) is 0 Å². The van der Waals surface area contributed by atoms with Crippen molar-refractivity contribution < 1.29 is 13.2 Å². The van der Waals surface area contributed by atoms with Gasteiger partial charge in [0.2, 0.25) is 10.0 Å². The summed E-state index contributed by atoms with van der Waals surface area (Å²) in [6.45, 7) is 3.83. The zero-order valence-corrected chi connectivity index (χ0v) is 11.2. The molecule has 17 heavy (non-hydrogen) atoms. The summed E-state index contributed by atoms with van der Waals surface area (Å²) in [6.07, 6.45) is 0. The minimum atomic E-state index is -3.75. The van der Waals surface area contributed by atoms with Gasteiger partial charge in [0.15, 0.2) is 0 Å². The Morgan fingerprint density at radius 2 is 2.12 bits per heavy atom. The van der Waals surface area contributed by atoms with Crippen LogP contribution in [0.1, 0.15) is 24.2 Å². The molecule has 0 saturated carbocycles. The van der Waals surface area contributed by atoms with Crippen molar-refractivity contribution in [1.82, 2.24) is 5.32 Å². The third kappa shape index (κ3) is 3.77. The first-order valence-electron chi connectivity index (χ1n) is 4.79. The number of thiophene rings is 1. The second kappa shape index (κ2) is 4.73. The van der Waals surface area contributed by atoms with Crippen molar-refractivity contribution in [2.24, 2.45) is 10.9 Å². The Kier molecular flexibility index (Phi) is 3.92. The van der Waals surface area contributed by atoms with E-state index in [2.05, 4.69) is 5.32 Å². The number of carbonyl (C=O) groups is 1. The number of primary sulfonamides is 1. The molecule has 0 aliphatic carbocycles. The van der Waals surface area contributed by atoms with Crippen LogP contribution in [0.4, 0.5) is 0 Å². The molecule has 0 spiro atoms. The van der Waals surface area contributed by atoms with Crippen LogP contribution in [0.15, 0.2) is 15.7 Å². The Balaban J connectivity index is 2.89. The molecule has 0 aromatic carbocycles. The Hall–Kier alpha value is -0.960. The van der Waals surface area contributed by atoms with Crippen molar-refractivity contribution >= 4 is 27.3 Å². The van der Waals surface area contributed by atoms with E-state index in [0.717, 1.165) is 11.3 Å². The van der Waals surface area contributed by atoms with Crippen LogP contribution in [0.5, 0.6) is 0 Å². The first-order chi connectivity index (χ1) is 7.65. The van der Waals surface area contributed by atoms with Crippen LogP contribution in [0, 0.1) is 0 Å². The molecule has 0 unspecified atom stereocenters. The van der Waals surface area contributed by atoms with Crippen molar-refractivity contribution in [3.8, 4) is 0 Å². The quantitative estimate of drug-likeness (QED) is 0.710. The first-order valence-corrected chi connectivity index (χ1v) is 7.22. The molecule has 0 aliphatic heterocycles. The molecule has 0 fully saturated rings. The van der Waals surface area contributed by atoms with E-state index in [9.17, 15) is 13.2 Å². The van der Waals surface area contributed by atoms with Gasteiger partial charge in [-0.25, -0.2) is 13.6 Å². The number of rotatable bonds is 4. The Bertz CT molecular complexity index is 519. The predicted molar refractivity (Wildman–Crippen MR) is 66.3 cm³/mol. The molecule has 1 rings (SSSR count). The summed E-state index contributed by atoms with van der Waals surface area (Å²) in [7, 11) is -3.75. The second-order valence-electron chi connectivity index (χ2n) is 4.24. The van der Waals surface area contributed by atoms with Gasteiger partial charge in [-0.1, -0.05) is 0 Å². The second-order valence-corrected chi connectivity index (χ2v) is 6.94. The number of sulfonamides is 1. The molecule has 1 amide bonds. The van der Waals surface area contributed by atoms with E-state index < -0.39 is 15.6 Å². The Morgan fingerprint density at radius 3 is 2.53 bits per heavy atom. The standard InChI is InChI=1S/C9H15N3O3S2/c1-9(2,5-10)12-8(13)6-3-7(16-4-6)17(11,14)15/h3-4H,5,10H2,1-2H3,(H,12,13)(H2,11,14,15). The van der Waals surface area contributed by atoms with Crippen molar-refractivity contribution in [2.75, 3.05) is 6.54 Å². The summed E-state index contributed by atoms with van der Waals surface area (Å²) in [5.74, 6) is -0.369. The van der Waals surface area contributed by atoms with E-state index in [1.54, 1.807) is 13.8 Å². The molecule has 1 heterocycles. The third-order valence-electron chi connectivity index (χ3n) is 2.08. The number of hydrogen-bond donors (Lipinski definition) is 3. The van der Waals surface area contributed by atoms with E-state index >= 15 is 0 Å². The van der Waals surface area contributed by atoms with E-state index in [-0.39, 0.29) is 22.2 Å². The van der Waals surface area contributed by atoms with Gasteiger partial charge >= 0.3 is 0 Å². The van der Waals surface area contributed by atoms with Gasteiger partial charge in [0, 0.05) is 17.5 Å². The highest BCUT2D eigenvalue weighted by Gasteiger charge is 2.21. The van der Waals surface area contributed by atoms with E-state index in [1.165, 1.54) is 11.4 Å². The van der Waals surface area contributed by atoms with Crippen LogP contribution in [-0.2, 0) is 10.0 Å². The van der Waals surface area contributed by atoms with Gasteiger partial charge in [0.05, 0.1) is 5.56 Å². The fourth-order valence-electron chi connectivity index (χ4n) is 1.02. The van der Waals surface area contributed by atoms with Crippen LogP contribution in [0.25, 0.3) is 0 Å². The fourth-order valence-corrected chi connectivity index (χ4v) is 2.60. The first kappa shape index (κ1) is 14.1. The van der Waals surface area contributed by atoms with Gasteiger partial charge < -0.3 is 11.1 Å². The molecule has 0 atom stereocenters. The lowest BCUT2D eigenvalue weighted by atomic mass is 10.1. The average molecular weight is 277 g/mol. The lowest BCUT2D eigenvalue weighted by molar-refractivity contribution is 0.0916. The maximum atomic E-state index is 11.8. The van der Waals surface area contributed by atoms with Gasteiger partial charge in [0.25, 0.3) is 5.91 Å². The van der Waals surface area contributed by atoms with Gasteiger partial charge in [-0.05, 0) is 19.9 Å². The molecule has 1 aromatic rings. The van der Waals surface area contributed by atoms with Crippen molar-refractivity contribution in [3.63, 3.8) is 0 Å². The van der Waals surface area contributed by atoms with Crippen LogP contribution in [0.3, 0.4) is 0 Å². The zero-order valence-electron chi connectivity index (χ0n) is 9.56. The maximum absolute atomic E-state index is 11.8. The predicted octanol–water partition coefficient (Wildman–Crippen LogP) is -0.137. The zero-order chi connectivity index (χ0) is 13.3. The number of amides is 1. The van der Waals surface area contributed by atoms with Crippen LogP contribution >= 0.6 is 11.3 Å². The molecule has 0 aliphatic rings. The van der Waals surface area contributed by atoms with Crippen LogP contribution < -0.4 is 16.2 Å². The normalized spacial score (nSPS) is 12.5. The molecule has 0 bridgehead atoms. The molecular formula is C9H15N3O3S2. The topological polar surface area (TPSA) is 115 Å². The summed E-state index contributed by atoms with van der Waals surface area (Å²) in [5, 5.41) is 9.09. The SMILES string of the molecule is CC(C)(CN)NC(=O)c1csc(S(N)(=O)=O)c1. The van der Waals surface area contributed by atoms with Gasteiger partial charge in [-0.2, -0.15) is 0 Å². The highest BCUT2D eigenvalue weighted by molar-refractivity contribution is 7.91. The van der Waals surface area contributed by atoms with Crippen LogP contribution in [-0.4, -0.2) is 26.4 Å². The number of nitrogens with one attached hydrogen (secondary N) is 1. The average Bonchev–Trinajstić information content (AvgIpc) is 2.65. The number of nitrogens with two attached hydrogens (primary N) is 2. The monoisotopic (exact) mass is 277 g/mol. The minimum Gasteiger partial charge on any atom is -0.346 e. The largest absolute Gasteiger partial charge is 0.346 e. The van der Waals surface area contributed by atoms with E-state index in [0.29, 0.717) is 0 Å². The van der Waals surface area contributed by atoms with Gasteiger partial charge in [-0.3, -0.25) is 4.79 Å². The number of carbonyl (C=O) groups excluding carboxylic acids is 1. The van der Waals surface area contributed by atoms with Crippen molar-refractivity contribution in [1.29, 1.82) is 0 Å². The fraction of sp³-hybridized carbons (Fsp3) is 0.444. The summed E-state index contributed by atoms with van der Waals surface area (Å²) >= 11 is 0.913. The van der Waals surface area contributed by atoms with Gasteiger partial charge in [0.1, 0.15) is 4.21 Å². The van der Waals surface area contributed by atoms with Gasteiger partial charge in [-0.15, -0.1) is 11.3 Å². The highest BCUT2D eigenvalue weighted by atomic mass is 32.2. The molecule has 0 saturated heterocycles. The Morgan fingerprint density at radius 1 is 1.53 bits per heavy atom. The molecule has 6 nitrogen and oxygen atoms in total. The lowest BCUT2D eigenvalue weighted by Gasteiger charge is -2.23. The summed E-state index contributed by atoms with van der Waals surface area (Å²) < 4.78 is 22.1. The summed E-state index contributed by atoms with van der Waals surface area (Å²) in [6, 6.07) is 1.25. The molecule has 8 heteroatoms. The molecule has 96 valence electrons. The van der Waals surface area contributed by atoms with E-state index in [1.807, 2.05) is 0 Å². The maximum Gasteiger partial charge on any atom is 0.252 e. The van der Waals surface area contributed by atoms with Crippen molar-refractivity contribution in [2.45, 2.75) is 23.6 Å². The smallest absolute Gasteiger partial charge is 0.252 e. The lowest BCUT2D eigenvalue weighted by Crippen LogP contribution is -2.48. The van der Waals surface area contributed by atoms with E-state index in [4.69, 9.17) is 10.9 Å². The highest BCUT2D eigenvalue weighted by Crippen LogP contribution is 2.19. The number of hydrogen-bond acceptors (Lipinski definition) is 5. The molecule has 5 N–H and O–H groups in total. The molecule has 1 aromatic heterocycles. The Labute approximate surface area is 104 Å². The summed E-state index contributed by atoms with van der Waals surface area (Å²) in [4.78, 5) is 11.8. The summed E-state index contributed by atoms with van der Waals surface area (Å²) in [5.41, 5.74) is 5.20. The van der Waals surface area contributed by atoms with Crippen molar-refractivity contribution in [3.05, 3.63) is 17.0 Å².